The number of nitriles is 1. The van der Waals surface area contributed by atoms with Crippen LogP contribution in [0.5, 0.6) is 0 Å². The minimum atomic E-state index is -0.759. The number of nitrogens with zero attached hydrogens (tertiary/aromatic N) is 2. The van der Waals surface area contributed by atoms with Crippen molar-refractivity contribution in [3.63, 3.8) is 0 Å². The van der Waals surface area contributed by atoms with E-state index in [1.807, 2.05) is 17.9 Å². The van der Waals surface area contributed by atoms with Gasteiger partial charge in [0.1, 0.15) is 6.54 Å². The lowest BCUT2D eigenvalue weighted by molar-refractivity contribution is -0.144. The first-order valence-corrected chi connectivity index (χ1v) is 5.65. The van der Waals surface area contributed by atoms with Crippen molar-refractivity contribution in [2.75, 3.05) is 19.6 Å². The number of rotatable bonds is 4. The fraction of sp³-hybridized carbons (Fsp3) is 0.727. The van der Waals surface area contributed by atoms with E-state index < -0.39 is 5.97 Å². The summed E-state index contributed by atoms with van der Waals surface area (Å²) in [4.78, 5) is 24.2. The summed E-state index contributed by atoms with van der Waals surface area (Å²) >= 11 is 0. The van der Waals surface area contributed by atoms with E-state index in [-0.39, 0.29) is 31.0 Å². The minimum Gasteiger partial charge on any atom is -0.481 e. The molecule has 0 aliphatic carbocycles. The Morgan fingerprint density at radius 3 is 2.82 bits per heavy atom. The minimum absolute atomic E-state index is 0.0127. The van der Waals surface area contributed by atoms with Crippen molar-refractivity contribution in [3.05, 3.63) is 0 Å². The molecule has 1 amide bonds. The second kappa shape index (κ2) is 6.21. The van der Waals surface area contributed by atoms with Gasteiger partial charge in [0, 0.05) is 6.04 Å². The van der Waals surface area contributed by atoms with Crippen molar-refractivity contribution >= 4 is 11.9 Å². The van der Waals surface area contributed by atoms with E-state index in [0.29, 0.717) is 19.4 Å². The highest BCUT2D eigenvalue weighted by molar-refractivity contribution is 5.78. The lowest BCUT2D eigenvalue weighted by Crippen LogP contribution is -2.47. The predicted molar refractivity (Wildman–Crippen MR) is 60.0 cm³/mol. The van der Waals surface area contributed by atoms with Crippen LogP contribution in [0.4, 0.5) is 0 Å². The highest BCUT2D eigenvalue weighted by Gasteiger charge is 2.30. The monoisotopic (exact) mass is 239 g/mol. The molecule has 1 aliphatic rings. The molecule has 0 radical (unpaired) electrons. The number of carboxylic acids is 1. The Morgan fingerprint density at radius 2 is 2.29 bits per heavy atom. The van der Waals surface area contributed by atoms with Gasteiger partial charge in [-0.25, -0.2) is 0 Å². The van der Waals surface area contributed by atoms with Gasteiger partial charge in [0.15, 0.2) is 0 Å². The average Bonchev–Trinajstić information content (AvgIpc) is 2.28. The maximum atomic E-state index is 11.4. The second-order valence-electron chi connectivity index (χ2n) is 4.31. The highest BCUT2D eigenvalue weighted by atomic mass is 16.4. The summed E-state index contributed by atoms with van der Waals surface area (Å²) in [5.41, 5.74) is 0. The van der Waals surface area contributed by atoms with Gasteiger partial charge in [0.2, 0.25) is 5.91 Å². The molecule has 6 nitrogen and oxygen atoms in total. The molecule has 2 unspecified atom stereocenters. The molecule has 0 aromatic rings. The average molecular weight is 239 g/mol. The number of likely N-dealkylation sites (tertiary alicyclic amines) is 1. The summed E-state index contributed by atoms with van der Waals surface area (Å²) in [5.74, 6) is -1.25. The molecule has 2 atom stereocenters. The molecule has 0 spiro atoms. The van der Waals surface area contributed by atoms with Crippen LogP contribution >= 0.6 is 0 Å². The molecule has 0 aromatic carbocycles. The standard InChI is InChI=1S/C11H17N3O3/c1-8-6-9(11(16)17)2-5-14(8)7-10(15)13-4-3-12/h8-9H,2,4-7H2,1H3,(H,13,15)(H,16,17). The number of piperidine rings is 1. The second-order valence-corrected chi connectivity index (χ2v) is 4.31. The molecule has 0 saturated carbocycles. The lowest BCUT2D eigenvalue weighted by atomic mass is 9.92. The van der Waals surface area contributed by atoms with Gasteiger partial charge >= 0.3 is 5.97 Å². The maximum Gasteiger partial charge on any atom is 0.306 e. The Morgan fingerprint density at radius 1 is 1.59 bits per heavy atom. The fourth-order valence-corrected chi connectivity index (χ4v) is 2.06. The molecule has 94 valence electrons. The van der Waals surface area contributed by atoms with E-state index in [9.17, 15) is 9.59 Å². The molecule has 1 heterocycles. The molecule has 0 bridgehead atoms. The summed E-state index contributed by atoms with van der Waals surface area (Å²) in [7, 11) is 0. The van der Waals surface area contributed by atoms with E-state index >= 15 is 0 Å². The Kier molecular flexibility index (Phi) is 4.91. The van der Waals surface area contributed by atoms with E-state index in [1.165, 1.54) is 0 Å². The third-order valence-corrected chi connectivity index (χ3v) is 3.07. The summed E-state index contributed by atoms with van der Waals surface area (Å²) in [6.07, 6.45) is 1.14. The number of hydrogen-bond donors (Lipinski definition) is 2. The molecule has 0 aromatic heterocycles. The summed E-state index contributed by atoms with van der Waals surface area (Å²) in [5, 5.41) is 19.7. The Labute approximate surface area is 100 Å². The molecular weight excluding hydrogens is 222 g/mol. The van der Waals surface area contributed by atoms with Crippen molar-refractivity contribution in [1.29, 1.82) is 5.26 Å². The Hall–Kier alpha value is -1.61. The number of amides is 1. The summed E-state index contributed by atoms with van der Waals surface area (Å²) in [6.45, 7) is 2.78. The first kappa shape index (κ1) is 13.5. The molecule has 1 aliphatic heterocycles. The molecule has 17 heavy (non-hydrogen) atoms. The van der Waals surface area contributed by atoms with Crippen molar-refractivity contribution in [2.45, 2.75) is 25.8 Å². The van der Waals surface area contributed by atoms with Gasteiger partial charge in [-0.15, -0.1) is 0 Å². The van der Waals surface area contributed by atoms with E-state index in [4.69, 9.17) is 10.4 Å². The van der Waals surface area contributed by atoms with Crippen LogP contribution in [0.1, 0.15) is 19.8 Å². The third kappa shape index (κ3) is 4.04. The number of nitrogens with one attached hydrogen (secondary N) is 1. The zero-order valence-electron chi connectivity index (χ0n) is 9.85. The van der Waals surface area contributed by atoms with Crippen LogP contribution in [0.15, 0.2) is 0 Å². The van der Waals surface area contributed by atoms with Crippen LogP contribution in [-0.2, 0) is 9.59 Å². The predicted octanol–water partition coefficient (Wildman–Crippen LogP) is -0.189. The van der Waals surface area contributed by atoms with Crippen LogP contribution in [0.2, 0.25) is 0 Å². The molecule has 2 N–H and O–H groups in total. The lowest BCUT2D eigenvalue weighted by Gasteiger charge is -2.35. The van der Waals surface area contributed by atoms with E-state index in [2.05, 4.69) is 5.32 Å². The SMILES string of the molecule is CC1CC(C(=O)O)CCN1CC(=O)NCC#N. The summed E-state index contributed by atoms with van der Waals surface area (Å²) < 4.78 is 0. The number of hydrogen-bond acceptors (Lipinski definition) is 4. The fourth-order valence-electron chi connectivity index (χ4n) is 2.06. The maximum absolute atomic E-state index is 11.4. The number of aliphatic carboxylic acids is 1. The largest absolute Gasteiger partial charge is 0.481 e. The first-order chi connectivity index (χ1) is 8.04. The molecule has 1 saturated heterocycles. The van der Waals surface area contributed by atoms with Crippen LogP contribution in [0.25, 0.3) is 0 Å². The van der Waals surface area contributed by atoms with Crippen LogP contribution < -0.4 is 5.32 Å². The van der Waals surface area contributed by atoms with Gasteiger partial charge in [-0.3, -0.25) is 14.5 Å². The first-order valence-electron chi connectivity index (χ1n) is 5.65. The van der Waals surface area contributed by atoms with Crippen molar-refractivity contribution in [1.82, 2.24) is 10.2 Å². The highest BCUT2D eigenvalue weighted by Crippen LogP contribution is 2.22. The van der Waals surface area contributed by atoms with Gasteiger partial charge in [-0.1, -0.05) is 0 Å². The topological polar surface area (TPSA) is 93.4 Å². The van der Waals surface area contributed by atoms with Crippen molar-refractivity contribution < 1.29 is 14.7 Å². The summed E-state index contributed by atoms with van der Waals surface area (Å²) in [6, 6.07) is 1.92. The molecule has 1 rings (SSSR count). The van der Waals surface area contributed by atoms with Crippen molar-refractivity contribution in [2.24, 2.45) is 5.92 Å². The van der Waals surface area contributed by atoms with Crippen LogP contribution in [0, 0.1) is 17.2 Å². The van der Waals surface area contributed by atoms with Gasteiger partial charge < -0.3 is 10.4 Å². The Bertz CT molecular complexity index is 337. The molecule has 6 heteroatoms. The van der Waals surface area contributed by atoms with Crippen LogP contribution in [-0.4, -0.2) is 47.6 Å². The van der Waals surface area contributed by atoms with Gasteiger partial charge in [0.05, 0.1) is 18.5 Å². The van der Waals surface area contributed by atoms with Gasteiger partial charge in [-0.2, -0.15) is 5.26 Å². The van der Waals surface area contributed by atoms with Crippen molar-refractivity contribution in [3.8, 4) is 6.07 Å². The van der Waals surface area contributed by atoms with E-state index in [1.54, 1.807) is 0 Å². The Balaban J connectivity index is 2.39. The van der Waals surface area contributed by atoms with Gasteiger partial charge in [-0.05, 0) is 26.3 Å². The zero-order chi connectivity index (χ0) is 12.8. The quantitative estimate of drug-likeness (QED) is 0.663. The number of carbonyl (C=O) groups excluding carboxylic acids is 1. The smallest absolute Gasteiger partial charge is 0.306 e. The normalized spacial score (nSPS) is 24.9. The molecular formula is C11H17N3O3. The molecule has 1 fully saturated rings. The third-order valence-electron chi connectivity index (χ3n) is 3.07. The van der Waals surface area contributed by atoms with E-state index in [0.717, 1.165) is 0 Å². The van der Waals surface area contributed by atoms with Gasteiger partial charge in [0.25, 0.3) is 0 Å². The number of carboxylic acid groups (broad SMARTS) is 1. The van der Waals surface area contributed by atoms with Crippen LogP contribution in [0.3, 0.4) is 0 Å². The number of carbonyl (C=O) groups is 2. The zero-order valence-corrected chi connectivity index (χ0v) is 9.85.